The molecule has 0 spiro atoms. The molecule has 4 aromatic rings. The van der Waals surface area contributed by atoms with Gasteiger partial charge in [-0.3, -0.25) is 4.79 Å². The third-order valence-corrected chi connectivity index (χ3v) is 5.34. The maximum Gasteiger partial charge on any atom is 0.159 e. The van der Waals surface area contributed by atoms with Gasteiger partial charge in [-0.25, -0.2) is 14.5 Å². The quantitative estimate of drug-likeness (QED) is 0.412. The maximum atomic E-state index is 12.1. The van der Waals surface area contributed by atoms with Crippen molar-refractivity contribution in [2.45, 2.75) is 25.9 Å². The second-order valence-corrected chi connectivity index (χ2v) is 7.82. The number of halogens is 1. The highest BCUT2D eigenvalue weighted by Gasteiger charge is 2.30. The Labute approximate surface area is 178 Å². The van der Waals surface area contributed by atoms with Crippen LogP contribution in [0.25, 0.3) is 16.9 Å². The molecule has 0 saturated heterocycles. The number of hydrogen-bond donors (Lipinski definition) is 0. The summed E-state index contributed by atoms with van der Waals surface area (Å²) >= 11 is 5.81. The molecule has 6 nitrogen and oxygen atoms in total. The van der Waals surface area contributed by atoms with Crippen molar-refractivity contribution in [3.05, 3.63) is 77.3 Å². The topological polar surface area (TPSA) is 69.4 Å². The summed E-state index contributed by atoms with van der Waals surface area (Å²) < 4.78 is 7.63. The molecular formula is C23H19ClN4O2. The Morgan fingerprint density at radius 2 is 1.93 bits per heavy atom. The Bertz CT molecular complexity index is 1200. The Hall–Kier alpha value is -3.25. The number of nitrogens with zero attached hydrogens (tertiary/aromatic N) is 4. The van der Waals surface area contributed by atoms with E-state index in [1.54, 1.807) is 16.8 Å². The van der Waals surface area contributed by atoms with Crippen LogP contribution in [0.1, 0.15) is 24.2 Å². The van der Waals surface area contributed by atoms with Crippen molar-refractivity contribution in [1.82, 2.24) is 19.6 Å². The molecule has 7 heteroatoms. The predicted octanol–water partition coefficient (Wildman–Crippen LogP) is 4.55. The monoisotopic (exact) mass is 418 g/mol. The second-order valence-electron chi connectivity index (χ2n) is 7.43. The minimum atomic E-state index is 0.215. The first kappa shape index (κ1) is 18.8. The molecule has 0 N–H and O–H groups in total. The van der Waals surface area contributed by atoms with Gasteiger partial charge in [-0.2, -0.15) is 5.10 Å². The van der Waals surface area contributed by atoms with Crippen LogP contribution in [-0.2, 0) is 17.8 Å². The fraction of sp³-hybridized carbons (Fsp3) is 0.217. The smallest absolute Gasteiger partial charge is 0.159 e. The van der Waals surface area contributed by atoms with E-state index in [0.29, 0.717) is 24.0 Å². The number of benzene rings is 1. The van der Waals surface area contributed by atoms with E-state index in [1.165, 1.54) is 0 Å². The van der Waals surface area contributed by atoms with Crippen molar-refractivity contribution in [3.8, 4) is 17.0 Å². The van der Waals surface area contributed by atoms with Gasteiger partial charge in [0.25, 0.3) is 0 Å². The third-order valence-electron chi connectivity index (χ3n) is 5.11. The molecule has 1 fully saturated rings. The highest BCUT2D eigenvalue weighted by atomic mass is 35.5. The van der Waals surface area contributed by atoms with E-state index in [-0.39, 0.29) is 11.7 Å². The van der Waals surface area contributed by atoms with E-state index in [4.69, 9.17) is 16.3 Å². The van der Waals surface area contributed by atoms with Gasteiger partial charge in [0, 0.05) is 23.2 Å². The number of carbonyl (C=O) groups is 1. The van der Waals surface area contributed by atoms with Crippen LogP contribution in [0.2, 0.25) is 5.15 Å². The number of fused-ring (bicyclic) bond motifs is 1. The number of Topliss-reactive ketones (excluding diaryl/α,β-unsaturated/α-hetero) is 1. The van der Waals surface area contributed by atoms with E-state index < -0.39 is 0 Å². The molecule has 3 heterocycles. The Kier molecular flexibility index (Phi) is 4.93. The summed E-state index contributed by atoms with van der Waals surface area (Å²) in [6.07, 6.45) is 4.01. The molecule has 1 aliphatic rings. The molecular weight excluding hydrogens is 400 g/mol. The molecule has 30 heavy (non-hydrogen) atoms. The second kappa shape index (κ2) is 7.88. The first-order valence-electron chi connectivity index (χ1n) is 9.87. The van der Waals surface area contributed by atoms with Gasteiger partial charge in [0.05, 0.1) is 12.1 Å². The Balaban J connectivity index is 1.33. The van der Waals surface area contributed by atoms with Crippen molar-refractivity contribution in [2.75, 3.05) is 0 Å². The van der Waals surface area contributed by atoms with Gasteiger partial charge in [0.1, 0.15) is 23.3 Å². The number of carbonyl (C=O) groups excluding carboxylic acids is 1. The van der Waals surface area contributed by atoms with Crippen LogP contribution in [-0.4, -0.2) is 25.4 Å². The fourth-order valence-corrected chi connectivity index (χ4v) is 3.44. The largest absolute Gasteiger partial charge is 0.489 e. The van der Waals surface area contributed by atoms with Crippen molar-refractivity contribution >= 4 is 23.0 Å². The zero-order chi connectivity index (χ0) is 20.5. The lowest BCUT2D eigenvalue weighted by Crippen LogP contribution is -2.06. The number of ether oxygens (including phenoxy) is 1. The molecule has 0 unspecified atom stereocenters. The summed E-state index contributed by atoms with van der Waals surface area (Å²) in [5.74, 6) is 1.79. The zero-order valence-electron chi connectivity index (χ0n) is 16.2. The summed E-state index contributed by atoms with van der Waals surface area (Å²) in [6, 6.07) is 17.3. The van der Waals surface area contributed by atoms with Gasteiger partial charge in [-0.15, -0.1) is 0 Å². The minimum Gasteiger partial charge on any atom is -0.489 e. The lowest BCUT2D eigenvalue weighted by molar-refractivity contribution is -0.119. The van der Waals surface area contributed by atoms with Crippen molar-refractivity contribution in [3.63, 3.8) is 0 Å². The van der Waals surface area contributed by atoms with E-state index in [2.05, 4.69) is 15.1 Å². The molecule has 0 radical (unpaired) electrons. The van der Waals surface area contributed by atoms with Crippen LogP contribution < -0.4 is 4.74 Å². The summed E-state index contributed by atoms with van der Waals surface area (Å²) in [7, 11) is 0. The van der Waals surface area contributed by atoms with Gasteiger partial charge in [-0.1, -0.05) is 23.7 Å². The van der Waals surface area contributed by atoms with Crippen LogP contribution in [0.4, 0.5) is 0 Å². The predicted molar refractivity (Wildman–Crippen MR) is 113 cm³/mol. The van der Waals surface area contributed by atoms with Gasteiger partial charge in [0.2, 0.25) is 0 Å². The number of ketones is 1. The zero-order valence-corrected chi connectivity index (χ0v) is 16.9. The highest BCUT2D eigenvalue weighted by molar-refractivity contribution is 6.29. The van der Waals surface area contributed by atoms with Gasteiger partial charge >= 0.3 is 0 Å². The molecule has 3 aromatic heterocycles. The van der Waals surface area contributed by atoms with E-state index in [9.17, 15) is 4.79 Å². The first-order chi connectivity index (χ1) is 14.7. The maximum absolute atomic E-state index is 12.1. The summed E-state index contributed by atoms with van der Waals surface area (Å²) in [4.78, 5) is 20.7. The van der Waals surface area contributed by atoms with Crippen molar-refractivity contribution in [1.29, 1.82) is 0 Å². The van der Waals surface area contributed by atoms with Crippen molar-refractivity contribution < 1.29 is 9.53 Å². The summed E-state index contributed by atoms with van der Waals surface area (Å²) in [5, 5.41) is 5.04. The lowest BCUT2D eigenvalue weighted by Gasteiger charge is -2.08. The van der Waals surface area contributed by atoms with Crippen LogP contribution >= 0.6 is 11.6 Å². The van der Waals surface area contributed by atoms with Crippen molar-refractivity contribution in [2.24, 2.45) is 5.92 Å². The fourth-order valence-electron chi connectivity index (χ4n) is 3.33. The SMILES string of the molecule is O=C(Cc1nc2cccc(-c3ccc(OCc4ccc(Cl)nc4)cc3)n2n1)C1CC1. The molecule has 5 rings (SSSR count). The third kappa shape index (κ3) is 4.04. The standard InChI is InChI=1S/C23H19ClN4O2/c24-21-11-4-15(13-25-21)14-30-18-9-7-16(8-10-18)19-2-1-3-23-26-22(27-28(19)23)12-20(29)17-5-6-17/h1-4,7-11,13,17H,5-6,12,14H2. The molecule has 0 amide bonds. The minimum absolute atomic E-state index is 0.215. The van der Waals surface area contributed by atoms with Crippen LogP contribution in [0, 0.1) is 5.92 Å². The lowest BCUT2D eigenvalue weighted by atomic mass is 10.1. The average Bonchev–Trinajstić information content (AvgIpc) is 3.54. The molecule has 0 atom stereocenters. The average molecular weight is 419 g/mol. The van der Waals surface area contributed by atoms with Gasteiger partial charge in [0.15, 0.2) is 11.5 Å². The Morgan fingerprint density at radius 3 is 2.67 bits per heavy atom. The van der Waals surface area contributed by atoms with Crippen LogP contribution in [0.15, 0.2) is 60.8 Å². The summed E-state index contributed by atoms with van der Waals surface area (Å²) in [5.41, 5.74) is 3.59. The molecule has 1 aromatic carbocycles. The van der Waals surface area contributed by atoms with Gasteiger partial charge < -0.3 is 4.74 Å². The molecule has 0 aliphatic heterocycles. The number of aromatic nitrogens is 4. The van der Waals surface area contributed by atoms with Crippen LogP contribution in [0.3, 0.4) is 0 Å². The number of pyridine rings is 2. The Morgan fingerprint density at radius 1 is 1.10 bits per heavy atom. The number of rotatable bonds is 7. The molecule has 150 valence electrons. The van der Waals surface area contributed by atoms with Crippen LogP contribution in [0.5, 0.6) is 5.75 Å². The van der Waals surface area contributed by atoms with E-state index >= 15 is 0 Å². The number of hydrogen-bond acceptors (Lipinski definition) is 5. The van der Waals surface area contributed by atoms with E-state index in [1.807, 2.05) is 48.5 Å². The van der Waals surface area contributed by atoms with E-state index in [0.717, 1.165) is 41.1 Å². The first-order valence-corrected chi connectivity index (χ1v) is 10.2. The molecule has 1 saturated carbocycles. The molecule has 0 bridgehead atoms. The molecule has 1 aliphatic carbocycles. The highest BCUT2D eigenvalue weighted by Crippen LogP contribution is 2.31. The summed E-state index contributed by atoms with van der Waals surface area (Å²) in [6.45, 7) is 0.417. The van der Waals surface area contributed by atoms with Gasteiger partial charge in [-0.05, 0) is 55.3 Å². The normalized spacial score (nSPS) is 13.5.